The summed E-state index contributed by atoms with van der Waals surface area (Å²) in [6, 6.07) is 8.52. The van der Waals surface area contributed by atoms with E-state index in [2.05, 4.69) is 62.0 Å². The predicted octanol–water partition coefficient (Wildman–Crippen LogP) is 4.65. The van der Waals surface area contributed by atoms with Crippen molar-refractivity contribution in [2.24, 2.45) is 0 Å². The van der Waals surface area contributed by atoms with Crippen LogP contribution in [0.1, 0.15) is 65.9 Å². The van der Waals surface area contributed by atoms with Gasteiger partial charge in [0.1, 0.15) is 0 Å². The molecule has 0 bridgehead atoms. The average Bonchev–Trinajstić information content (AvgIpc) is 2.95. The number of piperidine rings is 1. The Balaban J connectivity index is 1.82. The highest BCUT2D eigenvalue weighted by molar-refractivity contribution is 5.89. The summed E-state index contributed by atoms with van der Waals surface area (Å²) in [7, 11) is 0. The Morgan fingerprint density at radius 1 is 1.15 bits per heavy atom. The van der Waals surface area contributed by atoms with E-state index >= 15 is 0 Å². The minimum absolute atomic E-state index is 0.0396. The molecule has 2 heterocycles. The normalized spacial score (nSPS) is 19.3. The van der Waals surface area contributed by atoms with Crippen LogP contribution in [0.3, 0.4) is 0 Å². The molecule has 1 aromatic heterocycles. The lowest BCUT2D eigenvalue weighted by Gasteiger charge is -2.49. The average molecular weight is 370 g/mol. The Hall–Kier alpha value is -1.81. The summed E-state index contributed by atoms with van der Waals surface area (Å²) in [5.41, 5.74) is 2.28. The van der Waals surface area contributed by atoms with Crippen molar-refractivity contribution in [2.75, 3.05) is 6.54 Å². The lowest BCUT2D eigenvalue weighted by molar-refractivity contribution is -0.134. The fraction of sp³-hybridized carbons (Fsp3) is 0.609. The maximum atomic E-state index is 13.4. The van der Waals surface area contributed by atoms with Gasteiger partial charge < -0.3 is 15.2 Å². The number of nitrogens with zero attached hydrogens (tertiary/aromatic N) is 1. The Labute approximate surface area is 163 Å². The zero-order valence-corrected chi connectivity index (χ0v) is 17.6. The number of amides is 1. The summed E-state index contributed by atoms with van der Waals surface area (Å²) in [6.07, 6.45) is 6.63. The summed E-state index contributed by atoms with van der Waals surface area (Å²) < 4.78 is 0. The molecule has 1 aromatic carbocycles. The molecule has 0 unspecified atom stereocenters. The smallest absolute Gasteiger partial charge is 0.227 e. The summed E-state index contributed by atoms with van der Waals surface area (Å²) in [6.45, 7) is 12.1. The maximum absolute atomic E-state index is 13.4. The summed E-state index contributed by atoms with van der Waals surface area (Å²) in [4.78, 5) is 18.8. The van der Waals surface area contributed by atoms with E-state index in [0.29, 0.717) is 12.5 Å². The second-order valence-electron chi connectivity index (χ2n) is 9.43. The first-order chi connectivity index (χ1) is 12.7. The molecule has 2 aromatic rings. The third kappa shape index (κ3) is 4.73. The van der Waals surface area contributed by atoms with Gasteiger partial charge in [0, 0.05) is 40.8 Å². The zero-order valence-electron chi connectivity index (χ0n) is 17.6. The van der Waals surface area contributed by atoms with Gasteiger partial charge in [0.25, 0.3) is 0 Å². The van der Waals surface area contributed by atoms with Gasteiger partial charge in [0.15, 0.2) is 0 Å². The molecule has 3 rings (SSSR count). The number of para-hydroxylation sites is 1. The largest absolute Gasteiger partial charge is 0.361 e. The van der Waals surface area contributed by atoms with Crippen molar-refractivity contribution >= 4 is 16.8 Å². The first-order valence-electron chi connectivity index (χ1n) is 10.3. The fourth-order valence-corrected chi connectivity index (χ4v) is 4.87. The Bertz CT molecular complexity index is 774. The monoisotopic (exact) mass is 369 g/mol. The van der Waals surface area contributed by atoms with Gasteiger partial charge in [-0.15, -0.1) is 0 Å². The van der Waals surface area contributed by atoms with Crippen LogP contribution in [0.5, 0.6) is 0 Å². The number of aromatic amines is 1. The van der Waals surface area contributed by atoms with Crippen LogP contribution in [0.4, 0.5) is 0 Å². The molecular formula is C23H35N3O. The van der Waals surface area contributed by atoms with Crippen molar-refractivity contribution in [3.05, 3.63) is 36.0 Å². The van der Waals surface area contributed by atoms with E-state index in [1.165, 1.54) is 0 Å². The first kappa shape index (κ1) is 19.9. The number of hydrogen-bond donors (Lipinski definition) is 2. The summed E-state index contributed by atoms with van der Waals surface area (Å²) in [5, 5.41) is 4.90. The molecule has 27 heavy (non-hydrogen) atoms. The molecule has 0 radical (unpaired) electrons. The van der Waals surface area contributed by atoms with Gasteiger partial charge in [-0.05, 0) is 58.6 Å². The molecule has 148 valence electrons. The summed E-state index contributed by atoms with van der Waals surface area (Å²) in [5.74, 6) is 0.256. The van der Waals surface area contributed by atoms with Crippen molar-refractivity contribution in [3.63, 3.8) is 0 Å². The molecule has 1 aliphatic rings. The maximum Gasteiger partial charge on any atom is 0.227 e. The standard InChI is InChI=1S/C23H35N3O/c1-6-7-12-26(18-14-22(2,3)25-23(4,5)15-18)21(27)13-17-16-24-20-11-9-8-10-19(17)20/h8-11,16,18,24-25H,6-7,12-15H2,1-5H3. The fourth-order valence-electron chi connectivity index (χ4n) is 4.87. The lowest BCUT2D eigenvalue weighted by atomic mass is 9.79. The number of carbonyl (C=O) groups is 1. The van der Waals surface area contributed by atoms with E-state index in [-0.39, 0.29) is 17.0 Å². The van der Waals surface area contributed by atoms with Crippen LogP contribution in [-0.4, -0.2) is 39.5 Å². The van der Waals surface area contributed by atoms with Crippen LogP contribution < -0.4 is 5.32 Å². The first-order valence-corrected chi connectivity index (χ1v) is 10.3. The van der Waals surface area contributed by atoms with Gasteiger partial charge in [0.2, 0.25) is 5.91 Å². The number of carbonyl (C=O) groups excluding carboxylic acids is 1. The van der Waals surface area contributed by atoms with Gasteiger partial charge in [0.05, 0.1) is 6.42 Å². The van der Waals surface area contributed by atoms with E-state index in [4.69, 9.17) is 0 Å². The van der Waals surface area contributed by atoms with Gasteiger partial charge in [-0.1, -0.05) is 31.5 Å². The molecule has 0 spiro atoms. The molecule has 4 heteroatoms. The van der Waals surface area contributed by atoms with Crippen molar-refractivity contribution < 1.29 is 4.79 Å². The molecule has 0 aliphatic carbocycles. The van der Waals surface area contributed by atoms with Crippen LogP contribution in [0.25, 0.3) is 10.9 Å². The topological polar surface area (TPSA) is 48.1 Å². The van der Waals surface area contributed by atoms with Gasteiger partial charge >= 0.3 is 0 Å². The van der Waals surface area contributed by atoms with Crippen LogP contribution in [-0.2, 0) is 11.2 Å². The molecule has 0 atom stereocenters. The van der Waals surface area contributed by atoms with Crippen LogP contribution in [0, 0.1) is 0 Å². The second kappa shape index (κ2) is 7.67. The van der Waals surface area contributed by atoms with Gasteiger partial charge in [-0.2, -0.15) is 0 Å². The minimum atomic E-state index is 0.0396. The SMILES string of the molecule is CCCCN(C(=O)Cc1c[nH]c2ccccc12)C1CC(C)(C)NC(C)(C)C1. The van der Waals surface area contributed by atoms with E-state index in [9.17, 15) is 4.79 Å². The van der Waals surface area contributed by atoms with Crippen LogP contribution in [0.15, 0.2) is 30.5 Å². The highest BCUT2D eigenvalue weighted by Gasteiger charge is 2.41. The lowest BCUT2D eigenvalue weighted by Crippen LogP contribution is -2.63. The zero-order chi connectivity index (χ0) is 19.7. The van der Waals surface area contributed by atoms with E-state index < -0.39 is 0 Å². The van der Waals surface area contributed by atoms with Crippen LogP contribution in [0.2, 0.25) is 0 Å². The molecule has 1 aliphatic heterocycles. The number of aromatic nitrogens is 1. The number of hydrogen-bond acceptors (Lipinski definition) is 2. The molecule has 1 saturated heterocycles. The second-order valence-corrected chi connectivity index (χ2v) is 9.43. The van der Waals surface area contributed by atoms with Gasteiger partial charge in [-0.25, -0.2) is 0 Å². The number of fused-ring (bicyclic) bond motifs is 1. The number of benzene rings is 1. The molecule has 1 amide bonds. The molecule has 1 fully saturated rings. The van der Waals surface area contributed by atoms with Crippen molar-refractivity contribution in [1.29, 1.82) is 0 Å². The van der Waals surface area contributed by atoms with Crippen molar-refractivity contribution in [1.82, 2.24) is 15.2 Å². The Kier molecular flexibility index (Phi) is 5.66. The van der Waals surface area contributed by atoms with E-state index in [1.54, 1.807) is 0 Å². The molecular weight excluding hydrogens is 334 g/mol. The van der Waals surface area contributed by atoms with Crippen molar-refractivity contribution in [3.8, 4) is 0 Å². The third-order valence-electron chi connectivity index (χ3n) is 5.70. The number of H-pyrrole nitrogens is 1. The Morgan fingerprint density at radius 2 is 1.81 bits per heavy atom. The predicted molar refractivity (Wildman–Crippen MR) is 113 cm³/mol. The number of unbranched alkanes of at least 4 members (excludes halogenated alkanes) is 1. The van der Waals surface area contributed by atoms with E-state index in [1.807, 2.05) is 18.3 Å². The highest BCUT2D eigenvalue weighted by atomic mass is 16.2. The molecule has 0 saturated carbocycles. The molecule has 2 N–H and O–H groups in total. The quantitative estimate of drug-likeness (QED) is 0.779. The third-order valence-corrected chi connectivity index (χ3v) is 5.70. The van der Waals surface area contributed by atoms with Crippen molar-refractivity contribution in [2.45, 2.75) is 83.8 Å². The number of rotatable bonds is 6. The molecule has 4 nitrogen and oxygen atoms in total. The number of nitrogens with one attached hydrogen (secondary N) is 2. The minimum Gasteiger partial charge on any atom is -0.361 e. The van der Waals surface area contributed by atoms with Crippen LogP contribution >= 0.6 is 0 Å². The summed E-state index contributed by atoms with van der Waals surface area (Å²) >= 11 is 0. The van der Waals surface area contributed by atoms with E-state index in [0.717, 1.165) is 48.7 Å². The Morgan fingerprint density at radius 3 is 2.48 bits per heavy atom. The highest BCUT2D eigenvalue weighted by Crippen LogP contribution is 2.32. The van der Waals surface area contributed by atoms with Gasteiger partial charge in [-0.3, -0.25) is 4.79 Å².